The molecule has 1 saturated heterocycles. The molecule has 1 aromatic heterocycles. The molecule has 1 aliphatic rings. The van der Waals surface area contributed by atoms with Crippen LogP contribution in [0.4, 0.5) is 11.8 Å². The monoisotopic (exact) mass is 301 g/mol. The standard InChI is InChI=1S/C10H16BrN5O/c1-6(7-2-3-17-5-7)14-9-8(11)4-13-10(15-9)16-12/h4,6-7H,2-3,5,12H2,1H3,(H2,13,14,15,16). The summed E-state index contributed by atoms with van der Waals surface area (Å²) in [5.41, 5.74) is 2.43. The summed E-state index contributed by atoms with van der Waals surface area (Å²) in [6.07, 6.45) is 2.75. The zero-order chi connectivity index (χ0) is 12.3. The summed E-state index contributed by atoms with van der Waals surface area (Å²) >= 11 is 3.41. The van der Waals surface area contributed by atoms with Gasteiger partial charge < -0.3 is 10.1 Å². The molecule has 0 aliphatic carbocycles. The largest absolute Gasteiger partial charge is 0.381 e. The predicted molar refractivity (Wildman–Crippen MR) is 69.6 cm³/mol. The van der Waals surface area contributed by atoms with Crippen molar-refractivity contribution in [2.24, 2.45) is 11.8 Å². The highest BCUT2D eigenvalue weighted by atomic mass is 79.9. The average molecular weight is 302 g/mol. The molecule has 0 spiro atoms. The summed E-state index contributed by atoms with van der Waals surface area (Å²) in [5.74, 6) is 6.94. The molecule has 2 heterocycles. The Hall–Kier alpha value is -0.920. The van der Waals surface area contributed by atoms with Crippen LogP contribution in [0.3, 0.4) is 0 Å². The van der Waals surface area contributed by atoms with E-state index < -0.39 is 0 Å². The van der Waals surface area contributed by atoms with Crippen molar-refractivity contribution < 1.29 is 4.74 Å². The molecule has 6 nitrogen and oxygen atoms in total. The van der Waals surface area contributed by atoms with E-state index in [1.165, 1.54) is 0 Å². The first kappa shape index (κ1) is 12.5. The Kier molecular flexibility index (Phi) is 4.14. The van der Waals surface area contributed by atoms with Crippen LogP contribution >= 0.6 is 15.9 Å². The van der Waals surface area contributed by atoms with Crippen LogP contribution in [-0.2, 0) is 4.74 Å². The molecule has 2 atom stereocenters. The number of nitrogens with zero attached hydrogens (tertiary/aromatic N) is 2. The molecule has 0 aromatic carbocycles. The number of ether oxygens (including phenoxy) is 1. The molecule has 1 fully saturated rings. The van der Waals surface area contributed by atoms with E-state index in [1.54, 1.807) is 6.20 Å². The molecule has 1 aromatic rings. The first-order chi connectivity index (χ1) is 8.20. The van der Waals surface area contributed by atoms with E-state index in [1.807, 2.05) is 0 Å². The number of halogens is 1. The van der Waals surface area contributed by atoms with Crippen LogP contribution in [0.25, 0.3) is 0 Å². The van der Waals surface area contributed by atoms with E-state index in [0.717, 1.165) is 29.9 Å². The molecule has 0 bridgehead atoms. The molecule has 0 amide bonds. The molecule has 2 rings (SSSR count). The molecule has 4 N–H and O–H groups in total. The predicted octanol–water partition coefficient (Wildman–Crippen LogP) is 1.36. The smallest absolute Gasteiger partial charge is 0.239 e. The van der Waals surface area contributed by atoms with Gasteiger partial charge in [0.1, 0.15) is 5.82 Å². The van der Waals surface area contributed by atoms with Crippen molar-refractivity contribution in [3.05, 3.63) is 10.7 Å². The Morgan fingerprint density at radius 3 is 3.12 bits per heavy atom. The Morgan fingerprint density at radius 1 is 1.65 bits per heavy atom. The Bertz CT molecular complexity index is 383. The third kappa shape index (κ3) is 3.05. The van der Waals surface area contributed by atoms with Gasteiger partial charge in [0, 0.05) is 24.8 Å². The highest BCUT2D eigenvalue weighted by molar-refractivity contribution is 9.10. The SMILES string of the molecule is CC(Nc1nc(NN)ncc1Br)C1CCOC1. The average Bonchev–Trinajstić information content (AvgIpc) is 2.85. The lowest BCUT2D eigenvalue weighted by Gasteiger charge is -2.20. The Balaban J connectivity index is 2.06. The third-order valence-electron chi connectivity index (χ3n) is 2.91. The van der Waals surface area contributed by atoms with Gasteiger partial charge in [0.05, 0.1) is 11.1 Å². The maximum Gasteiger partial charge on any atom is 0.239 e. The van der Waals surface area contributed by atoms with Crippen molar-refractivity contribution in [2.45, 2.75) is 19.4 Å². The second kappa shape index (κ2) is 5.61. The normalized spacial score (nSPS) is 21.2. The molecule has 17 heavy (non-hydrogen) atoms. The van der Waals surface area contributed by atoms with Gasteiger partial charge in [-0.2, -0.15) is 4.98 Å². The lowest BCUT2D eigenvalue weighted by molar-refractivity contribution is 0.183. The number of hydrazine groups is 1. The number of anilines is 2. The molecule has 1 aliphatic heterocycles. The van der Waals surface area contributed by atoms with Gasteiger partial charge in [0.2, 0.25) is 5.95 Å². The van der Waals surface area contributed by atoms with Gasteiger partial charge >= 0.3 is 0 Å². The summed E-state index contributed by atoms with van der Waals surface area (Å²) in [7, 11) is 0. The highest BCUT2D eigenvalue weighted by Gasteiger charge is 2.23. The number of hydrogen-bond donors (Lipinski definition) is 3. The lowest BCUT2D eigenvalue weighted by atomic mass is 10.0. The van der Waals surface area contributed by atoms with Gasteiger partial charge in [-0.25, -0.2) is 10.8 Å². The minimum Gasteiger partial charge on any atom is -0.381 e. The lowest BCUT2D eigenvalue weighted by Crippen LogP contribution is -2.27. The quantitative estimate of drug-likeness (QED) is 0.575. The maximum atomic E-state index is 5.37. The molecule has 7 heteroatoms. The molecular weight excluding hydrogens is 286 g/mol. The van der Waals surface area contributed by atoms with E-state index in [-0.39, 0.29) is 0 Å². The topological polar surface area (TPSA) is 85.1 Å². The fraction of sp³-hybridized carbons (Fsp3) is 0.600. The van der Waals surface area contributed by atoms with Gasteiger partial charge in [0.25, 0.3) is 0 Å². The van der Waals surface area contributed by atoms with Crippen LogP contribution in [0.1, 0.15) is 13.3 Å². The minimum atomic E-state index is 0.300. The fourth-order valence-corrected chi connectivity index (χ4v) is 2.12. The molecule has 94 valence electrons. The van der Waals surface area contributed by atoms with Crippen LogP contribution in [-0.4, -0.2) is 29.2 Å². The first-order valence-electron chi connectivity index (χ1n) is 5.54. The van der Waals surface area contributed by atoms with Crippen LogP contribution in [0.15, 0.2) is 10.7 Å². The van der Waals surface area contributed by atoms with Crippen molar-refractivity contribution in [1.82, 2.24) is 9.97 Å². The van der Waals surface area contributed by atoms with Crippen molar-refractivity contribution in [3.63, 3.8) is 0 Å². The van der Waals surface area contributed by atoms with Crippen LogP contribution in [0, 0.1) is 5.92 Å². The zero-order valence-corrected chi connectivity index (χ0v) is 11.2. The summed E-state index contributed by atoms with van der Waals surface area (Å²) in [4.78, 5) is 8.26. The van der Waals surface area contributed by atoms with E-state index in [2.05, 4.69) is 43.6 Å². The van der Waals surface area contributed by atoms with Crippen LogP contribution < -0.4 is 16.6 Å². The number of nitrogen functional groups attached to an aromatic ring is 1. The number of rotatable bonds is 4. The van der Waals surface area contributed by atoms with Crippen molar-refractivity contribution >= 4 is 27.7 Å². The Morgan fingerprint density at radius 2 is 2.47 bits per heavy atom. The van der Waals surface area contributed by atoms with Gasteiger partial charge in [-0.15, -0.1) is 0 Å². The number of nitrogens with one attached hydrogen (secondary N) is 2. The summed E-state index contributed by atoms with van der Waals surface area (Å²) < 4.78 is 6.20. The number of hydrogen-bond acceptors (Lipinski definition) is 6. The summed E-state index contributed by atoms with van der Waals surface area (Å²) in [6, 6.07) is 0.300. The van der Waals surface area contributed by atoms with Crippen molar-refractivity contribution in [3.8, 4) is 0 Å². The van der Waals surface area contributed by atoms with Gasteiger partial charge in [-0.05, 0) is 29.3 Å². The second-order valence-corrected chi connectivity index (χ2v) is 4.95. The van der Waals surface area contributed by atoms with Gasteiger partial charge in [-0.3, -0.25) is 5.43 Å². The van der Waals surface area contributed by atoms with Crippen LogP contribution in [0.5, 0.6) is 0 Å². The first-order valence-corrected chi connectivity index (χ1v) is 6.33. The van der Waals surface area contributed by atoms with Crippen molar-refractivity contribution in [1.29, 1.82) is 0 Å². The number of aromatic nitrogens is 2. The fourth-order valence-electron chi connectivity index (χ4n) is 1.82. The highest BCUT2D eigenvalue weighted by Crippen LogP contribution is 2.24. The van der Waals surface area contributed by atoms with Crippen molar-refractivity contribution in [2.75, 3.05) is 24.0 Å². The van der Waals surface area contributed by atoms with E-state index >= 15 is 0 Å². The molecular formula is C10H16BrN5O. The van der Waals surface area contributed by atoms with Gasteiger partial charge in [0.15, 0.2) is 0 Å². The molecule has 0 saturated carbocycles. The van der Waals surface area contributed by atoms with Gasteiger partial charge in [-0.1, -0.05) is 0 Å². The van der Waals surface area contributed by atoms with Crippen LogP contribution in [0.2, 0.25) is 0 Å². The maximum absolute atomic E-state index is 5.37. The Labute approximate surface area is 108 Å². The second-order valence-electron chi connectivity index (χ2n) is 4.09. The van der Waals surface area contributed by atoms with E-state index in [0.29, 0.717) is 17.9 Å². The summed E-state index contributed by atoms with van der Waals surface area (Å²) in [5, 5.41) is 3.35. The molecule has 0 radical (unpaired) electrons. The number of nitrogens with two attached hydrogens (primary N) is 1. The van der Waals surface area contributed by atoms with E-state index in [4.69, 9.17) is 10.6 Å². The summed E-state index contributed by atoms with van der Waals surface area (Å²) in [6.45, 7) is 3.78. The zero-order valence-electron chi connectivity index (χ0n) is 9.61. The third-order valence-corrected chi connectivity index (χ3v) is 3.49. The minimum absolute atomic E-state index is 0.300. The molecule has 2 unspecified atom stereocenters. The van der Waals surface area contributed by atoms with E-state index in [9.17, 15) is 0 Å².